The average Bonchev–Trinajstić information content (AvgIpc) is 3.14. The summed E-state index contributed by atoms with van der Waals surface area (Å²) in [6.45, 7) is 8.61. The molecule has 0 aliphatic carbocycles. The van der Waals surface area contributed by atoms with E-state index in [0.29, 0.717) is 13.2 Å². The van der Waals surface area contributed by atoms with Gasteiger partial charge in [0, 0.05) is 11.4 Å². The van der Waals surface area contributed by atoms with E-state index in [0.717, 1.165) is 22.0 Å². The molecule has 0 fully saturated rings. The van der Waals surface area contributed by atoms with Crippen molar-refractivity contribution in [2.75, 3.05) is 0 Å². The molecule has 4 nitrogen and oxygen atoms in total. The van der Waals surface area contributed by atoms with Crippen LogP contribution in [-0.2, 0) is 13.2 Å². The van der Waals surface area contributed by atoms with Crippen LogP contribution in [0, 0.1) is 19.7 Å². The van der Waals surface area contributed by atoms with Gasteiger partial charge in [-0.25, -0.2) is 9.37 Å². The van der Waals surface area contributed by atoms with Crippen molar-refractivity contribution in [1.82, 2.24) is 9.88 Å². The van der Waals surface area contributed by atoms with E-state index in [1.54, 1.807) is 17.0 Å². The lowest BCUT2D eigenvalue weighted by Gasteiger charge is -2.26. The van der Waals surface area contributed by atoms with E-state index in [1.165, 1.54) is 29.0 Å². The van der Waals surface area contributed by atoms with Crippen LogP contribution >= 0.6 is 11.3 Å². The van der Waals surface area contributed by atoms with Crippen LogP contribution < -0.4 is 4.74 Å². The van der Waals surface area contributed by atoms with Gasteiger partial charge < -0.3 is 9.64 Å². The molecule has 0 N–H and O–H groups in total. The predicted molar refractivity (Wildman–Crippen MR) is 114 cm³/mol. The Morgan fingerprint density at radius 3 is 2.66 bits per heavy atom. The number of rotatable bonds is 7. The van der Waals surface area contributed by atoms with E-state index in [1.807, 2.05) is 38.3 Å². The van der Waals surface area contributed by atoms with Crippen molar-refractivity contribution in [1.29, 1.82) is 0 Å². The van der Waals surface area contributed by atoms with Gasteiger partial charge in [-0.3, -0.25) is 4.79 Å². The first-order chi connectivity index (χ1) is 13.9. The normalized spacial score (nSPS) is 11.0. The summed E-state index contributed by atoms with van der Waals surface area (Å²) in [5, 5.41) is 2.76. The fraction of sp³-hybridized carbons (Fsp3) is 0.304. The molecule has 0 saturated carbocycles. The molecule has 6 heteroatoms. The molecule has 0 unspecified atom stereocenters. The second-order valence-electron chi connectivity index (χ2n) is 7.23. The van der Waals surface area contributed by atoms with Crippen molar-refractivity contribution in [3.63, 3.8) is 0 Å². The zero-order chi connectivity index (χ0) is 21.0. The Kier molecular flexibility index (Phi) is 6.64. The molecule has 29 heavy (non-hydrogen) atoms. The first kappa shape index (κ1) is 21.0. The molecule has 0 aliphatic heterocycles. The van der Waals surface area contributed by atoms with E-state index >= 15 is 0 Å². The molecule has 0 bridgehead atoms. The number of hydrogen-bond acceptors (Lipinski definition) is 4. The maximum absolute atomic E-state index is 14.1. The summed E-state index contributed by atoms with van der Waals surface area (Å²) in [4.78, 5) is 19.1. The van der Waals surface area contributed by atoms with E-state index < -0.39 is 5.82 Å². The molecule has 0 saturated heterocycles. The summed E-state index contributed by atoms with van der Waals surface area (Å²) in [5.41, 5.74) is 3.15. The van der Waals surface area contributed by atoms with E-state index in [-0.39, 0.29) is 17.5 Å². The van der Waals surface area contributed by atoms with Crippen LogP contribution in [0.2, 0.25) is 0 Å². The van der Waals surface area contributed by atoms with E-state index in [9.17, 15) is 9.18 Å². The van der Waals surface area contributed by atoms with E-state index in [4.69, 9.17) is 4.74 Å². The molecule has 152 valence electrons. The van der Waals surface area contributed by atoms with Gasteiger partial charge in [0.25, 0.3) is 5.91 Å². The third kappa shape index (κ3) is 5.01. The number of benzene rings is 2. The molecule has 0 atom stereocenters. The second kappa shape index (κ2) is 9.18. The topological polar surface area (TPSA) is 42.4 Å². The lowest BCUT2D eigenvalue weighted by molar-refractivity contribution is 0.0683. The van der Waals surface area contributed by atoms with Crippen molar-refractivity contribution < 1.29 is 13.9 Å². The number of amides is 1. The summed E-state index contributed by atoms with van der Waals surface area (Å²) in [6, 6.07) is 11.9. The highest BCUT2D eigenvalue weighted by atomic mass is 32.1. The van der Waals surface area contributed by atoms with Gasteiger partial charge in [0.2, 0.25) is 0 Å². The fourth-order valence-electron chi connectivity index (χ4n) is 2.96. The summed E-state index contributed by atoms with van der Waals surface area (Å²) >= 11 is 1.50. The lowest BCUT2D eigenvalue weighted by atomic mass is 10.1. The van der Waals surface area contributed by atoms with E-state index in [2.05, 4.69) is 18.0 Å². The highest BCUT2D eigenvalue weighted by Gasteiger charge is 2.22. The van der Waals surface area contributed by atoms with Gasteiger partial charge in [-0.15, -0.1) is 11.3 Å². The minimum atomic E-state index is -0.510. The number of carbonyl (C=O) groups is 1. The average molecular weight is 413 g/mol. The highest BCUT2D eigenvalue weighted by molar-refractivity contribution is 7.09. The Morgan fingerprint density at radius 1 is 1.17 bits per heavy atom. The fourth-order valence-corrected chi connectivity index (χ4v) is 3.66. The van der Waals surface area contributed by atoms with Crippen molar-refractivity contribution >= 4 is 17.2 Å². The van der Waals surface area contributed by atoms with Crippen LogP contribution in [0.3, 0.4) is 0 Å². The van der Waals surface area contributed by atoms with Gasteiger partial charge in [0.05, 0.1) is 17.8 Å². The molecule has 0 radical (unpaired) electrons. The number of halogens is 1. The Morgan fingerprint density at radius 2 is 1.93 bits per heavy atom. The summed E-state index contributed by atoms with van der Waals surface area (Å²) in [6.07, 6.45) is 0. The molecule has 1 heterocycles. The van der Waals surface area contributed by atoms with Gasteiger partial charge in [0.1, 0.15) is 23.2 Å². The Hall–Kier alpha value is -2.73. The van der Waals surface area contributed by atoms with Crippen molar-refractivity contribution in [3.8, 4) is 5.75 Å². The standard InChI is InChI=1S/C23H25FN2O2S/c1-15(2)26(23(27)19-9-5-6-10-20(19)24)12-18-14-29-22(25-18)13-28-21-11-7-8-16(3)17(21)4/h5-11,14-15H,12-13H2,1-4H3. The van der Waals surface area contributed by atoms with Gasteiger partial charge >= 0.3 is 0 Å². The zero-order valence-corrected chi connectivity index (χ0v) is 17.9. The van der Waals surface area contributed by atoms with Gasteiger partial charge in [-0.1, -0.05) is 24.3 Å². The molecule has 1 amide bonds. The Bertz CT molecular complexity index is 1000. The number of thiazole rings is 1. The minimum Gasteiger partial charge on any atom is -0.486 e. The number of hydrogen-bond donors (Lipinski definition) is 0. The van der Waals surface area contributed by atoms with Gasteiger partial charge in [0.15, 0.2) is 0 Å². The first-order valence-corrected chi connectivity index (χ1v) is 10.4. The van der Waals surface area contributed by atoms with Crippen molar-refractivity contribution in [2.24, 2.45) is 0 Å². The lowest BCUT2D eigenvalue weighted by Crippen LogP contribution is -2.37. The zero-order valence-electron chi connectivity index (χ0n) is 17.1. The molecule has 3 aromatic rings. The third-order valence-electron chi connectivity index (χ3n) is 4.83. The smallest absolute Gasteiger partial charge is 0.257 e. The maximum Gasteiger partial charge on any atom is 0.257 e. The number of carbonyl (C=O) groups excluding carboxylic acids is 1. The van der Waals surface area contributed by atoms with Crippen molar-refractivity contribution in [3.05, 3.63) is 81.1 Å². The summed E-state index contributed by atoms with van der Waals surface area (Å²) in [5.74, 6) is 0.00335. The molecule has 0 aliphatic rings. The Balaban J connectivity index is 1.69. The minimum absolute atomic E-state index is 0.0786. The molecule has 2 aromatic carbocycles. The molecule has 3 rings (SSSR count). The number of nitrogens with zero attached hydrogens (tertiary/aromatic N) is 2. The first-order valence-electron chi connectivity index (χ1n) is 9.54. The number of ether oxygens (including phenoxy) is 1. The molecule has 0 spiro atoms. The van der Waals surface area contributed by atoms with Gasteiger partial charge in [-0.2, -0.15) is 0 Å². The van der Waals surface area contributed by atoms with Crippen LogP contribution in [0.25, 0.3) is 0 Å². The molecular formula is C23H25FN2O2S. The van der Waals surface area contributed by atoms with Crippen LogP contribution in [0.5, 0.6) is 5.75 Å². The third-order valence-corrected chi connectivity index (χ3v) is 5.70. The van der Waals surface area contributed by atoms with Crippen molar-refractivity contribution in [2.45, 2.75) is 46.9 Å². The Labute approximate surface area is 175 Å². The largest absolute Gasteiger partial charge is 0.486 e. The quantitative estimate of drug-likeness (QED) is 0.512. The van der Waals surface area contributed by atoms with Crippen LogP contribution in [0.1, 0.15) is 46.0 Å². The monoisotopic (exact) mass is 412 g/mol. The van der Waals surface area contributed by atoms with Crippen LogP contribution in [-0.4, -0.2) is 21.8 Å². The molecule has 1 aromatic heterocycles. The molecular weight excluding hydrogens is 387 g/mol. The number of aryl methyl sites for hydroxylation is 1. The maximum atomic E-state index is 14.1. The van der Waals surface area contributed by atoms with Crippen LogP contribution in [0.15, 0.2) is 47.8 Å². The second-order valence-corrected chi connectivity index (χ2v) is 8.17. The summed E-state index contributed by atoms with van der Waals surface area (Å²) in [7, 11) is 0. The van der Waals surface area contributed by atoms with Crippen LogP contribution in [0.4, 0.5) is 4.39 Å². The SMILES string of the molecule is Cc1cccc(OCc2nc(CN(C(=O)c3ccccc3F)C(C)C)cs2)c1C. The predicted octanol–water partition coefficient (Wildman–Crippen LogP) is 5.53. The highest BCUT2D eigenvalue weighted by Crippen LogP contribution is 2.23. The summed E-state index contributed by atoms with van der Waals surface area (Å²) < 4.78 is 20.0. The van der Waals surface area contributed by atoms with Gasteiger partial charge in [-0.05, 0) is 57.0 Å². The number of aromatic nitrogens is 1.